The molecule has 1 fully saturated rings. The zero-order valence-electron chi connectivity index (χ0n) is 11.1. The fraction of sp³-hybridized carbons (Fsp3) is 0.500. The van der Waals surface area contributed by atoms with Crippen molar-refractivity contribution in [1.82, 2.24) is 15.4 Å². The highest BCUT2D eigenvalue weighted by Crippen LogP contribution is 2.19. The minimum absolute atomic E-state index is 0.710. The molecule has 102 valence electrons. The normalized spacial score (nSPS) is 15.3. The first-order valence-corrected chi connectivity index (χ1v) is 7.56. The smallest absolute Gasteiger partial charge is 0.151 e. The Labute approximate surface area is 117 Å². The molecule has 2 aromatic heterocycles. The largest absolute Gasteiger partial charge is 0.360 e. The van der Waals surface area contributed by atoms with Crippen LogP contribution in [0.5, 0.6) is 0 Å². The maximum atomic E-state index is 5.38. The molecule has 1 aliphatic rings. The quantitative estimate of drug-likeness (QED) is 0.844. The molecule has 4 nitrogen and oxygen atoms in total. The number of nitrogens with zero attached hydrogens (tertiary/aromatic N) is 2. The molecular weight excluding hydrogens is 258 g/mol. The van der Waals surface area contributed by atoms with Gasteiger partial charge in [0.15, 0.2) is 5.76 Å². The minimum Gasteiger partial charge on any atom is -0.360 e. The topological polar surface area (TPSA) is 41.3 Å². The number of nitrogens with one attached hydrogen (secondary N) is 1. The van der Waals surface area contributed by atoms with E-state index < -0.39 is 0 Å². The molecule has 0 bridgehead atoms. The Morgan fingerprint density at radius 3 is 3.11 bits per heavy atom. The van der Waals surface area contributed by atoms with Crippen molar-refractivity contribution in [3.05, 3.63) is 39.9 Å². The summed E-state index contributed by atoms with van der Waals surface area (Å²) in [5, 5.41) is 9.66. The number of aromatic nitrogens is 1. The minimum atomic E-state index is 0.710. The Hall–Kier alpha value is -1.17. The van der Waals surface area contributed by atoms with E-state index >= 15 is 0 Å². The standard InChI is InChI=1S/C14H19N3OS/c1-17(10-14-3-2-6-19-14)9-13-7-12(16-18-13)8-15-11-4-5-11/h2-3,6-7,11,15H,4-5,8-10H2,1H3. The molecule has 0 aromatic carbocycles. The number of hydrogen-bond acceptors (Lipinski definition) is 5. The molecule has 0 radical (unpaired) electrons. The maximum Gasteiger partial charge on any atom is 0.151 e. The monoisotopic (exact) mass is 277 g/mol. The van der Waals surface area contributed by atoms with Crippen molar-refractivity contribution < 1.29 is 4.52 Å². The molecule has 0 unspecified atom stereocenters. The van der Waals surface area contributed by atoms with E-state index in [9.17, 15) is 0 Å². The van der Waals surface area contributed by atoms with Gasteiger partial charge in [0.05, 0.1) is 12.2 Å². The van der Waals surface area contributed by atoms with Crippen LogP contribution in [0.4, 0.5) is 0 Å². The van der Waals surface area contributed by atoms with E-state index in [4.69, 9.17) is 4.52 Å². The van der Waals surface area contributed by atoms with Gasteiger partial charge in [-0.25, -0.2) is 0 Å². The molecule has 0 spiro atoms. The van der Waals surface area contributed by atoms with Gasteiger partial charge in [-0.15, -0.1) is 11.3 Å². The molecule has 0 saturated heterocycles. The van der Waals surface area contributed by atoms with E-state index in [1.165, 1.54) is 17.7 Å². The van der Waals surface area contributed by atoms with Crippen LogP contribution >= 0.6 is 11.3 Å². The summed E-state index contributed by atoms with van der Waals surface area (Å²) in [6.07, 6.45) is 2.60. The average molecular weight is 277 g/mol. The van der Waals surface area contributed by atoms with Crippen LogP contribution in [-0.2, 0) is 19.6 Å². The number of rotatable bonds is 7. The average Bonchev–Trinajstić information content (AvgIpc) is 2.88. The molecular formula is C14H19N3OS. The van der Waals surface area contributed by atoms with Crippen LogP contribution in [0.1, 0.15) is 29.2 Å². The van der Waals surface area contributed by atoms with Crippen LogP contribution in [0.3, 0.4) is 0 Å². The van der Waals surface area contributed by atoms with Crippen molar-refractivity contribution in [2.24, 2.45) is 0 Å². The van der Waals surface area contributed by atoms with Crippen LogP contribution in [0, 0.1) is 0 Å². The summed E-state index contributed by atoms with van der Waals surface area (Å²) in [5.74, 6) is 0.937. The van der Waals surface area contributed by atoms with Crippen molar-refractivity contribution in [1.29, 1.82) is 0 Å². The Bertz CT molecular complexity index is 505. The predicted molar refractivity (Wildman–Crippen MR) is 75.9 cm³/mol. The fourth-order valence-corrected chi connectivity index (χ4v) is 2.82. The van der Waals surface area contributed by atoms with Crippen LogP contribution in [-0.4, -0.2) is 23.1 Å². The van der Waals surface area contributed by atoms with Crippen molar-refractivity contribution >= 4 is 11.3 Å². The van der Waals surface area contributed by atoms with Crippen molar-refractivity contribution in [2.45, 2.75) is 38.5 Å². The van der Waals surface area contributed by atoms with Gasteiger partial charge in [0.25, 0.3) is 0 Å². The summed E-state index contributed by atoms with van der Waals surface area (Å²) in [6, 6.07) is 7.01. The third-order valence-corrected chi connectivity index (χ3v) is 4.05. The van der Waals surface area contributed by atoms with E-state index in [1.807, 2.05) is 0 Å². The molecule has 0 amide bonds. The van der Waals surface area contributed by atoms with Crippen molar-refractivity contribution in [2.75, 3.05) is 7.05 Å². The summed E-state index contributed by atoms with van der Waals surface area (Å²) >= 11 is 1.79. The van der Waals surface area contributed by atoms with Crippen LogP contribution < -0.4 is 5.32 Å². The lowest BCUT2D eigenvalue weighted by molar-refractivity contribution is 0.267. The van der Waals surface area contributed by atoms with Gasteiger partial charge in [0, 0.05) is 30.1 Å². The molecule has 0 atom stereocenters. The summed E-state index contributed by atoms with van der Waals surface area (Å²) in [6.45, 7) is 2.57. The van der Waals surface area contributed by atoms with Crippen LogP contribution in [0.2, 0.25) is 0 Å². The van der Waals surface area contributed by atoms with E-state index in [1.54, 1.807) is 11.3 Å². The van der Waals surface area contributed by atoms with Gasteiger partial charge < -0.3 is 9.84 Å². The Morgan fingerprint density at radius 2 is 2.37 bits per heavy atom. The first-order chi connectivity index (χ1) is 9.29. The highest BCUT2D eigenvalue weighted by atomic mass is 32.1. The molecule has 1 N–H and O–H groups in total. The summed E-state index contributed by atoms with van der Waals surface area (Å²) in [5.41, 5.74) is 1.01. The van der Waals surface area contributed by atoms with Gasteiger partial charge in [-0.05, 0) is 31.3 Å². The number of hydrogen-bond donors (Lipinski definition) is 1. The van der Waals surface area contributed by atoms with E-state index in [0.29, 0.717) is 6.04 Å². The molecule has 1 saturated carbocycles. The lowest BCUT2D eigenvalue weighted by Crippen LogP contribution is -2.16. The molecule has 3 rings (SSSR count). The van der Waals surface area contributed by atoms with E-state index in [-0.39, 0.29) is 0 Å². The van der Waals surface area contributed by atoms with E-state index in [0.717, 1.165) is 31.1 Å². The predicted octanol–water partition coefficient (Wildman–Crippen LogP) is 2.62. The maximum absolute atomic E-state index is 5.38. The highest BCUT2D eigenvalue weighted by Gasteiger charge is 2.20. The fourth-order valence-electron chi connectivity index (χ4n) is 2.04. The first kappa shape index (κ1) is 12.8. The van der Waals surface area contributed by atoms with Gasteiger partial charge >= 0.3 is 0 Å². The lowest BCUT2D eigenvalue weighted by atomic mass is 10.3. The summed E-state index contributed by atoms with van der Waals surface area (Å²) in [7, 11) is 2.10. The Kier molecular flexibility index (Phi) is 3.96. The Balaban J connectivity index is 1.48. The van der Waals surface area contributed by atoms with Crippen LogP contribution in [0.15, 0.2) is 28.1 Å². The van der Waals surface area contributed by atoms with Crippen LogP contribution in [0.25, 0.3) is 0 Å². The molecule has 1 aliphatic carbocycles. The van der Waals surface area contributed by atoms with Gasteiger partial charge in [-0.3, -0.25) is 4.90 Å². The van der Waals surface area contributed by atoms with Gasteiger partial charge in [0.2, 0.25) is 0 Å². The highest BCUT2D eigenvalue weighted by molar-refractivity contribution is 7.09. The van der Waals surface area contributed by atoms with Crippen molar-refractivity contribution in [3.8, 4) is 0 Å². The zero-order chi connectivity index (χ0) is 13.1. The summed E-state index contributed by atoms with van der Waals surface area (Å²) in [4.78, 5) is 3.61. The first-order valence-electron chi connectivity index (χ1n) is 6.68. The summed E-state index contributed by atoms with van der Waals surface area (Å²) < 4.78 is 5.38. The lowest BCUT2D eigenvalue weighted by Gasteiger charge is -2.12. The molecule has 19 heavy (non-hydrogen) atoms. The second-order valence-electron chi connectivity index (χ2n) is 5.19. The van der Waals surface area contributed by atoms with Gasteiger partial charge in [-0.2, -0.15) is 0 Å². The molecule has 0 aliphatic heterocycles. The third-order valence-electron chi connectivity index (χ3n) is 3.19. The number of thiophene rings is 1. The SMILES string of the molecule is CN(Cc1cc(CNC2CC2)no1)Cc1cccs1. The van der Waals surface area contributed by atoms with Gasteiger partial charge in [0.1, 0.15) is 0 Å². The third kappa shape index (κ3) is 3.89. The van der Waals surface area contributed by atoms with Crippen molar-refractivity contribution in [3.63, 3.8) is 0 Å². The second-order valence-corrected chi connectivity index (χ2v) is 6.22. The Morgan fingerprint density at radius 1 is 1.47 bits per heavy atom. The van der Waals surface area contributed by atoms with Gasteiger partial charge in [-0.1, -0.05) is 11.2 Å². The molecule has 2 heterocycles. The molecule has 5 heteroatoms. The zero-order valence-corrected chi connectivity index (χ0v) is 11.9. The van der Waals surface area contributed by atoms with E-state index in [2.05, 4.69) is 46.0 Å². The molecule has 2 aromatic rings. The second kappa shape index (κ2) is 5.86.